The molecule has 0 spiro atoms. The molecule has 0 saturated heterocycles. The Morgan fingerprint density at radius 3 is 2.58 bits per heavy atom. The predicted molar refractivity (Wildman–Crippen MR) is 77.8 cm³/mol. The van der Waals surface area contributed by atoms with E-state index < -0.39 is 0 Å². The van der Waals surface area contributed by atoms with Crippen LogP contribution < -0.4 is 5.32 Å². The Labute approximate surface area is 114 Å². The number of halogens is 1. The van der Waals surface area contributed by atoms with E-state index in [-0.39, 0.29) is 11.9 Å². The zero-order chi connectivity index (χ0) is 13.8. The van der Waals surface area contributed by atoms with E-state index in [1.54, 1.807) is 6.07 Å². The van der Waals surface area contributed by atoms with Crippen molar-refractivity contribution in [3.8, 4) is 0 Å². The van der Waals surface area contributed by atoms with Gasteiger partial charge in [-0.2, -0.15) is 0 Å². The van der Waals surface area contributed by atoms with Gasteiger partial charge in [0.05, 0.1) is 6.04 Å². The average molecular weight is 257 g/mol. The Hall–Kier alpha value is -1.67. The topological polar surface area (TPSA) is 12.0 Å². The smallest absolute Gasteiger partial charge is 0.123 e. The minimum Gasteiger partial charge on any atom is -0.307 e. The van der Waals surface area contributed by atoms with Crippen LogP contribution in [0.2, 0.25) is 0 Å². The van der Waals surface area contributed by atoms with E-state index in [0.717, 1.165) is 17.7 Å². The molecular weight excluding hydrogens is 237 g/mol. The molecule has 2 aromatic carbocycles. The largest absolute Gasteiger partial charge is 0.307 e. The number of nitrogens with one attached hydrogen (secondary N) is 1. The first-order valence-electron chi connectivity index (χ1n) is 6.68. The fourth-order valence-electron chi connectivity index (χ4n) is 2.38. The van der Waals surface area contributed by atoms with Gasteiger partial charge in [-0.3, -0.25) is 0 Å². The Bertz CT molecular complexity index is 563. The number of aryl methyl sites for hydroxylation is 2. The first-order chi connectivity index (χ1) is 9.11. The number of hydrogen-bond acceptors (Lipinski definition) is 1. The second-order valence-electron chi connectivity index (χ2n) is 4.91. The molecule has 1 unspecified atom stereocenters. The van der Waals surface area contributed by atoms with Crippen molar-refractivity contribution in [1.82, 2.24) is 5.32 Å². The van der Waals surface area contributed by atoms with Gasteiger partial charge in [-0.15, -0.1) is 0 Å². The molecule has 19 heavy (non-hydrogen) atoms. The van der Waals surface area contributed by atoms with E-state index in [1.165, 1.54) is 17.2 Å². The van der Waals surface area contributed by atoms with Gasteiger partial charge >= 0.3 is 0 Å². The van der Waals surface area contributed by atoms with Gasteiger partial charge in [-0.25, -0.2) is 4.39 Å². The fraction of sp³-hybridized carbons (Fsp3) is 0.294. The molecule has 2 aromatic rings. The highest BCUT2D eigenvalue weighted by molar-refractivity contribution is 5.38. The average Bonchev–Trinajstić information content (AvgIpc) is 2.39. The van der Waals surface area contributed by atoms with E-state index in [1.807, 2.05) is 19.1 Å². The molecule has 0 bridgehead atoms. The maximum absolute atomic E-state index is 13.5. The molecule has 1 N–H and O–H groups in total. The van der Waals surface area contributed by atoms with Crippen molar-refractivity contribution in [1.29, 1.82) is 0 Å². The lowest BCUT2D eigenvalue weighted by Crippen LogP contribution is -2.23. The summed E-state index contributed by atoms with van der Waals surface area (Å²) in [5, 5.41) is 3.44. The molecule has 2 rings (SSSR count). The molecule has 0 aliphatic rings. The zero-order valence-corrected chi connectivity index (χ0v) is 11.7. The fourth-order valence-corrected chi connectivity index (χ4v) is 2.38. The molecule has 1 atom stereocenters. The number of hydrogen-bond donors (Lipinski definition) is 1. The van der Waals surface area contributed by atoms with Crippen LogP contribution in [0.3, 0.4) is 0 Å². The van der Waals surface area contributed by atoms with Crippen molar-refractivity contribution >= 4 is 0 Å². The standard InChI is InChI=1S/C17H20FN/c1-4-19-17(14-7-5-6-12(2)10-14)16-11-15(18)9-8-13(16)3/h5-11,17,19H,4H2,1-3H3. The van der Waals surface area contributed by atoms with E-state index in [4.69, 9.17) is 0 Å². The Kier molecular flexibility index (Phi) is 4.33. The maximum atomic E-state index is 13.5. The summed E-state index contributed by atoms with van der Waals surface area (Å²) < 4.78 is 13.5. The molecule has 0 aliphatic carbocycles. The zero-order valence-electron chi connectivity index (χ0n) is 11.7. The minimum atomic E-state index is -0.184. The summed E-state index contributed by atoms with van der Waals surface area (Å²) in [5.74, 6) is -0.184. The quantitative estimate of drug-likeness (QED) is 0.868. The highest BCUT2D eigenvalue weighted by atomic mass is 19.1. The van der Waals surface area contributed by atoms with Crippen molar-refractivity contribution in [2.45, 2.75) is 26.8 Å². The van der Waals surface area contributed by atoms with Crippen molar-refractivity contribution < 1.29 is 4.39 Å². The highest BCUT2D eigenvalue weighted by Crippen LogP contribution is 2.26. The monoisotopic (exact) mass is 257 g/mol. The van der Waals surface area contributed by atoms with Crippen LogP contribution in [-0.4, -0.2) is 6.54 Å². The minimum absolute atomic E-state index is 0.0422. The first-order valence-corrected chi connectivity index (χ1v) is 6.68. The number of benzene rings is 2. The molecule has 0 saturated carbocycles. The van der Waals surface area contributed by atoms with Gasteiger partial charge in [-0.05, 0) is 49.2 Å². The van der Waals surface area contributed by atoms with Crippen molar-refractivity contribution in [2.24, 2.45) is 0 Å². The molecule has 0 aliphatic heterocycles. The van der Waals surface area contributed by atoms with Crippen molar-refractivity contribution in [3.63, 3.8) is 0 Å². The molecule has 0 amide bonds. The lowest BCUT2D eigenvalue weighted by Gasteiger charge is -2.21. The van der Waals surface area contributed by atoms with Crippen LogP contribution in [0.1, 0.15) is 35.2 Å². The van der Waals surface area contributed by atoms with E-state index >= 15 is 0 Å². The summed E-state index contributed by atoms with van der Waals surface area (Å²) in [5.41, 5.74) is 4.51. The Balaban J connectivity index is 2.48. The van der Waals surface area contributed by atoms with Crippen LogP contribution in [0.4, 0.5) is 4.39 Å². The molecule has 0 radical (unpaired) electrons. The summed E-state index contributed by atoms with van der Waals surface area (Å²) in [7, 11) is 0. The summed E-state index contributed by atoms with van der Waals surface area (Å²) in [6, 6.07) is 13.4. The summed E-state index contributed by atoms with van der Waals surface area (Å²) in [6.07, 6.45) is 0. The predicted octanol–water partition coefficient (Wildman–Crippen LogP) is 4.14. The first kappa shape index (κ1) is 13.8. The maximum Gasteiger partial charge on any atom is 0.123 e. The van der Waals surface area contributed by atoms with E-state index in [0.29, 0.717) is 0 Å². The van der Waals surface area contributed by atoms with Gasteiger partial charge in [0.2, 0.25) is 0 Å². The van der Waals surface area contributed by atoms with Crippen molar-refractivity contribution in [2.75, 3.05) is 6.54 Å². The van der Waals surface area contributed by atoms with Gasteiger partial charge < -0.3 is 5.32 Å². The van der Waals surface area contributed by atoms with Crippen LogP contribution in [0.5, 0.6) is 0 Å². The van der Waals surface area contributed by atoms with Crippen LogP contribution >= 0.6 is 0 Å². The van der Waals surface area contributed by atoms with Crippen LogP contribution in [-0.2, 0) is 0 Å². The third-order valence-electron chi connectivity index (χ3n) is 3.34. The lowest BCUT2D eigenvalue weighted by molar-refractivity contribution is 0.600. The van der Waals surface area contributed by atoms with Crippen LogP contribution in [0.15, 0.2) is 42.5 Å². The SMILES string of the molecule is CCNC(c1cccc(C)c1)c1cc(F)ccc1C. The van der Waals surface area contributed by atoms with E-state index in [2.05, 4.69) is 37.4 Å². The third kappa shape index (κ3) is 3.21. The molecule has 0 aromatic heterocycles. The van der Waals surface area contributed by atoms with Crippen molar-refractivity contribution in [3.05, 3.63) is 70.5 Å². The molecule has 0 heterocycles. The lowest BCUT2D eigenvalue weighted by atomic mass is 9.94. The van der Waals surface area contributed by atoms with E-state index in [9.17, 15) is 4.39 Å². The van der Waals surface area contributed by atoms with Gasteiger partial charge in [-0.1, -0.05) is 42.8 Å². The molecule has 1 nitrogen and oxygen atoms in total. The van der Waals surface area contributed by atoms with Gasteiger partial charge in [0.15, 0.2) is 0 Å². The summed E-state index contributed by atoms with van der Waals surface area (Å²) >= 11 is 0. The number of rotatable bonds is 4. The Morgan fingerprint density at radius 2 is 1.89 bits per heavy atom. The summed E-state index contributed by atoms with van der Waals surface area (Å²) in [6.45, 7) is 7.01. The molecule has 2 heteroatoms. The third-order valence-corrected chi connectivity index (χ3v) is 3.34. The highest BCUT2D eigenvalue weighted by Gasteiger charge is 2.15. The van der Waals surface area contributed by atoms with Crippen LogP contribution in [0, 0.1) is 19.7 Å². The Morgan fingerprint density at radius 1 is 1.11 bits per heavy atom. The van der Waals surface area contributed by atoms with Crippen LogP contribution in [0.25, 0.3) is 0 Å². The normalized spacial score (nSPS) is 12.4. The van der Waals surface area contributed by atoms with Gasteiger partial charge in [0.1, 0.15) is 5.82 Å². The molecule has 100 valence electrons. The molecular formula is C17H20FN. The second-order valence-corrected chi connectivity index (χ2v) is 4.91. The second kappa shape index (κ2) is 5.98. The van der Waals surface area contributed by atoms with Gasteiger partial charge in [0, 0.05) is 0 Å². The van der Waals surface area contributed by atoms with Gasteiger partial charge in [0.25, 0.3) is 0 Å². The summed E-state index contributed by atoms with van der Waals surface area (Å²) in [4.78, 5) is 0. The molecule has 0 fully saturated rings.